The van der Waals surface area contributed by atoms with E-state index < -0.39 is 0 Å². The van der Waals surface area contributed by atoms with E-state index in [1.54, 1.807) is 13.7 Å². The minimum absolute atomic E-state index is 0.216. The Kier molecular flexibility index (Phi) is 4.58. The number of ketones is 1. The second-order valence-corrected chi connectivity index (χ2v) is 3.88. The van der Waals surface area contributed by atoms with Crippen molar-refractivity contribution >= 4 is 12.8 Å². The Bertz CT molecular complexity index is 192. The molecule has 0 spiro atoms. The first-order valence-corrected chi connectivity index (χ1v) is 5.12. The topological polar surface area (TPSA) is 49.8 Å². The highest BCUT2D eigenvalue weighted by Gasteiger charge is 2.31. The molecule has 0 bridgehead atoms. The zero-order valence-corrected chi connectivity index (χ0v) is 8.90. The maximum atomic E-state index is 10.6. The summed E-state index contributed by atoms with van der Waals surface area (Å²) in [6, 6.07) is 0. The summed E-state index contributed by atoms with van der Waals surface area (Å²) in [6.45, 7) is 5.61. The van der Waals surface area contributed by atoms with Gasteiger partial charge in [0, 0.05) is 26.1 Å². The molecule has 4 nitrogen and oxygen atoms in total. The van der Waals surface area contributed by atoms with Crippen LogP contribution in [0.1, 0.15) is 19.8 Å². The maximum absolute atomic E-state index is 10.6. The molecule has 0 aliphatic carbocycles. The van der Waals surface area contributed by atoms with Crippen molar-refractivity contribution in [1.82, 2.24) is 4.81 Å². The van der Waals surface area contributed by atoms with Gasteiger partial charge in [0.1, 0.15) is 5.78 Å². The van der Waals surface area contributed by atoms with Gasteiger partial charge in [0.15, 0.2) is 0 Å². The zero-order chi connectivity index (χ0) is 10.6. The highest BCUT2D eigenvalue weighted by Crippen LogP contribution is 2.12. The molecular weight excluding hydrogens is 181 g/mol. The van der Waals surface area contributed by atoms with Gasteiger partial charge in [-0.3, -0.25) is 0 Å². The smallest absolute Gasteiger partial charge is 0.376 e. The number of hydrogen-bond donors (Lipinski definition) is 1. The van der Waals surface area contributed by atoms with Crippen LogP contribution in [0.4, 0.5) is 0 Å². The van der Waals surface area contributed by atoms with Crippen molar-refractivity contribution in [1.29, 1.82) is 0 Å². The van der Waals surface area contributed by atoms with Crippen LogP contribution in [0.5, 0.6) is 0 Å². The molecule has 14 heavy (non-hydrogen) atoms. The predicted molar refractivity (Wildman–Crippen MR) is 55.1 cm³/mol. The summed E-state index contributed by atoms with van der Waals surface area (Å²) in [5.74, 6) is 0.216. The second-order valence-electron chi connectivity index (χ2n) is 3.88. The molecule has 1 aliphatic rings. The fraction of sp³-hybridized carbons (Fsp3) is 0.889. The van der Waals surface area contributed by atoms with E-state index in [2.05, 4.69) is 0 Å². The Balaban J connectivity index is 1.93. The summed E-state index contributed by atoms with van der Waals surface area (Å²) in [7, 11) is -0.368. The van der Waals surface area contributed by atoms with Gasteiger partial charge in [0.25, 0.3) is 0 Å². The Hall–Kier alpha value is -0.385. The number of Topliss-reactive ketones (excluding diaryl/α,β-unsaturated/α-hetero) is 1. The lowest BCUT2D eigenvalue weighted by atomic mass is 9.81. The van der Waals surface area contributed by atoms with E-state index >= 15 is 0 Å². The van der Waals surface area contributed by atoms with Crippen molar-refractivity contribution < 1.29 is 14.6 Å². The summed E-state index contributed by atoms with van der Waals surface area (Å²) in [6.07, 6.45) is 1.66. The lowest BCUT2D eigenvalue weighted by molar-refractivity contribution is -0.117. The van der Waals surface area contributed by atoms with Crippen LogP contribution in [0.25, 0.3) is 0 Å². The molecule has 0 aromatic rings. The SMILES string of the molecule is CB(O)N1CC(OCCCC(C)=O)C1. The average molecular weight is 199 g/mol. The molecule has 1 fully saturated rings. The number of hydrogen-bond acceptors (Lipinski definition) is 4. The van der Waals surface area contributed by atoms with E-state index in [0.717, 1.165) is 19.5 Å². The van der Waals surface area contributed by atoms with Crippen LogP contribution >= 0.6 is 0 Å². The van der Waals surface area contributed by atoms with Gasteiger partial charge < -0.3 is 19.4 Å². The van der Waals surface area contributed by atoms with Crippen LogP contribution in [0.3, 0.4) is 0 Å². The molecule has 1 aliphatic heterocycles. The number of carbonyl (C=O) groups excluding carboxylic acids is 1. The molecule has 1 rings (SSSR count). The standard InChI is InChI=1S/C9H18BNO3/c1-8(12)4-3-5-14-9-6-11(7-9)10(2)13/h9,13H,3-7H2,1-2H3. The molecule has 0 radical (unpaired) electrons. The molecule has 1 saturated heterocycles. The van der Waals surface area contributed by atoms with Crippen LogP contribution in [0.2, 0.25) is 6.82 Å². The van der Waals surface area contributed by atoms with Gasteiger partial charge in [-0.2, -0.15) is 0 Å². The highest BCUT2D eigenvalue weighted by atomic mass is 16.5. The number of nitrogens with zero attached hydrogens (tertiary/aromatic N) is 1. The maximum Gasteiger partial charge on any atom is 0.376 e. The lowest BCUT2D eigenvalue weighted by Crippen LogP contribution is -2.57. The lowest BCUT2D eigenvalue weighted by Gasteiger charge is -2.39. The summed E-state index contributed by atoms with van der Waals surface area (Å²) < 4.78 is 5.50. The Morgan fingerprint density at radius 2 is 2.29 bits per heavy atom. The van der Waals surface area contributed by atoms with Crippen molar-refractivity contribution in [3.05, 3.63) is 0 Å². The average Bonchev–Trinajstić information content (AvgIpc) is 1.98. The molecule has 1 N–H and O–H groups in total. The second kappa shape index (κ2) is 5.48. The van der Waals surface area contributed by atoms with Crippen LogP contribution < -0.4 is 0 Å². The van der Waals surface area contributed by atoms with Crippen molar-refractivity contribution in [2.75, 3.05) is 19.7 Å². The number of rotatable bonds is 6. The third-order valence-corrected chi connectivity index (χ3v) is 2.43. The first kappa shape index (κ1) is 11.7. The van der Waals surface area contributed by atoms with Crippen molar-refractivity contribution in [2.45, 2.75) is 32.7 Å². The molecule has 0 aromatic heterocycles. The van der Waals surface area contributed by atoms with E-state index in [4.69, 9.17) is 9.76 Å². The fourth-order valence-electron chi connectivity index (χ4n) is 1.45. The predicted octanol–water partition coefficient (Wildman–Crippen LogP) is 0.167. The molecule has 0 saturated carbocycles. The molecule has 0 aromatic carbocycles. The van der Waals surface area contributed by atoms with Crippen molar-refractivity contribution in [3.8, 4) is 0 Å². The van der Waals surface area contributed by atoms with Gasteiger partial charge >= 0.3 is 7.05 Å². The summed E-state index contributed by atoms with van der Waals surface area (Å²) in [5, 5.41) is 9.16. The zero-order valence-electron chi connectivity index (χ0n) is 8.90. The molecular formula is C9H18BNO3. The molecule has 0 atom stereocenters. The van der Waals surface area contributed by atoms with E-state index in [1.807, 2.05) is 4.81 Å². The van der Waals surface area contributed by atoms with Crippen LogP contribution in [0, 0.1) is 0 Å². The number of ether oxygens (including phenoxy) is 1. The van der Waals surface area contributed by atoms with Gasteiger partial charge in [-0.1, -0.05) is 0 Å². The van der Waals surface area contributed by atoms with E-state index in [1.165, 1.54) is 0 Å². The van der Waals surface area contributed by atoms with Crippen LogP contribution in [-0.2, 0) is 9.53 Å². The third-order valence-electron chi connectivity index (χ3n) is 2.43. The summed E-state index contributed by atoms with van der Waals surface area (Å²) in [4.78, 5) is 12.6. The monoisotopic (exact) mass is 199 g/mol. The Labute approximate surface area is 85.4 Å². The third kappa shape index (κ3) is 3.78. The Morgan fingerprint density at radius 3 is 2.79 bits per heavy atom. The van der Waals surface area contributed by atoms with Gasteiger partial charge in [-0.15, -0.1) is 0 Å². The molecule has 5 heteroatoms. The molecule has 0 amide bonds. The quantitative estimate of drug-likeness (QED) is 0.489. The van der Waals surface area contributed by atoms with Crippen molar-refractivity contribution in [3.63, 3.8) is 0 Å². The molecule has 80 valence electrons. The fourth-order valence-corrected chi connectivity index (χ4v) is 1.45. The minimum Gasteiger partial charge on any atom is -0.437 e. The van der Waals surface area contributed by atoms with Gasteiger partial charge in [0.2, 0.25) is 0 Å². The molecule has 0 unspecified atom stereocenters. The van der Waals surface area contributed by atoms with E-state index in [-0.39, 0.29) is 18.9 Å². The van der Waals surface area contributed by atoms with Gasteiger partial charge in [-0.25, -0.2) is 0 Å². The van der Waals surface area contributed by atoms with Crippen LogP contribution in [-0.4, -0.2) is 48.5 Å². The summed E-state index contributed by atoms with van der Waals surface area (Å²) >= 11 is 0. The Morgan fingerprint density at radius 1 is 1.64 bits per heavy atom. The molecule has 1 heterocycles. The first-order chi connectivity index (χ1) is 6.59. The minimum atomic E-state index is -0.368. The first-order valence-electron chi connectivity index (χ1n) is 5.12. The van der Waals surface area contributed by atoms with E-state index in [9.17, 15) is 4.79 Å². The normalized spacial score (nSPS) is 17.9. The van der Waals surface area contributed by atoms with E-state index in [0.29, 0.717) is 13.0 Å². The largest absolute Gasteiger partial charge is 0.437 e. The van der Waals surface area contributed by atoms with Gasteiger partial charge in [0.05, 0.1) is 6.10 Å². The van der Waals surface area contributed by atoms with Gasteiger partial charge in [-0.05, 0) is 20.2 Å². The van der Waals surface area contributed by atoms with Crippen LogP contribution in [0.15, 0.2) is 0 Å². The number of carbonyl (C=O) groups is 1. The highest BCUT2D eigenvalue weighted by molar-refractivity contribution is 6.45. The summed E-state index contributed by atoms with van der Waals surface area (Å²) in [5.41, 5.74) is 0. The van der Waals surface area contributed by atoms with Crippen molar-refractivity contribution in [2.24, 2.45) is 0 Å².